The van der Waals surface area contributed by atoms with E-state index in [-0.39, 0.29) is 11.9 Å². The predicted octanol–water partition coefficient (Wildman–Crippen LogP) is 2.81. The zero-order valence-corrected chi connectivity index (χ0v) is 13.3. The molecule has 0 saturated heterocycles. The molecule has 0 fully saturated rings. The summed E-state index contributed by atoms with van der Waals surface area (Å²) in [5.74, 6) is -0.0169. The molecule has 2 aromatic rings. The Morgan fingerprint density at radius 3 is 2.81 bits per heavy atom. The number of aromatic nitrogens is 1. The van der Waals surface area contributed by atoms with Crippen LogP contribution in [0.1, 0.15) is 16.8 Å². The number of hydrogen-bond donors (Lipinski definition) is 2. The molecule has 0 spiro atoms. The summed E-state index contributed by atoms with van der Waals surface area (Å²) in [5.41, 5.74) is 4.06. The van der Waals surface area contributed by atoms with Gasteiger partial charge in [-0.05, 0) is 52.5 Å². The quantitative estimate of drug-likeness (QED) is 0.823. The maximum atomic E-state index is 12.4. The van der Waals surface area contributed by atoms with Crippen LogP contribution in [0.4, 0.5) is 5.69 Å². The molecular weight excluding hydrogens is 330 g/mol. The SMILES string of the molecule is Cc1nc(Br)ccc1NC(=O)C1Cc2ccccc2CN1. The second-order valence-electron chi connectivity index (χ2n) is 5.16. The molecule has 2 heterocycles. The van der Waals surface area contributed by atoms with E-state index < -0.39 is 0 Å². The first-order valence-corrected chi connectivity index (χ1v) is 7.67. The van der Waals surface area contributed by atoms with Crippen LogP contribution in [0.15, 0.2) is 41.0 Å². The van der Waals surface area contributed by atoms with Gasteiger partial charge in [-0.3, -0.25) is 4.79 Å². The van der Waals surface area contributed by atoms with E-state index in [1.54, 1.807) is 0 Å². The number of halogens is 1. The van der Waals surface area contributed by atoms with Gasteiger partial charge in [0.2, 0.25) is 5.91 Å². The van der Waals surface area contributed by atoms with E-state index in [2.05, 4.69) is 43.7 Å². The zero-order valence-electron chi connectivity index (χ0n) is 11.7. The minimum absolute atomic E-state index is 0.0169. The molecule has 0 radical (unpaired) electrons. The number of carbonyl (C=O) groups excluding carboxylic acids is 1. The Kier molecular flexibility index (Phi) is 4.03. The summed E-state index contributed by atoms with van der Waals surface area (Å²) >= 11 is 3.32. The van der Waals surface area contributed by atoms with Crippen LogP contribution in [0.2, 0.25) is 0 Å². The molecular formula is C16H16BrN3O. The van der Waals surface area contributed by atoms with Crippen molar-refractivity contribution >= 4 is 27.5 Å². The molecule has 5 heteroatoms. The molecule has 1 aliphatic heterocycles. The second kappa shape index (κ2) is 5.95. The van der Waals surface area contributed by atoms with Gasteiger partial charge in [0.05, 0.1) is 17.4 Å². The molecule has 1 amide bonds. The summed E-state index contributed by atoms with van der Waals surface area (Å²) in [6.07, 6.45) is 0.713. The minimum atomic E-state index is -0.206. The van der Waals surface area contributed by atoms with Crippen molar-refractivity contribution in [2.75, 3.05) is 5.32 Å². The maximum absolute atomic E-state index is 12.4. The lowest BCUT2D eigenvalue weighted by molar-refractivity contribution is -0.118. The summed E-state index contributed by atoms with van der Waals surface area (Å²) in [7, 11) is 0. The molecule has 0 aliphatic carbocycles. The first kappa shape index (κ1) is 14.2. The van der Waals surface area contributed by atoms with Gasteiger partial charge in [-0.25, -0.2) is 4.98 Å². The van der Waals surface area contributed by atoms with Crippen LogP contribution in [0.25, 0.3) is 0 Å². The van der Waals surface area contributed by atoms with E-state index >= 15 is 0 Å². The van der Waals surface area contributed by atoms with E-state index in [0.717, 1.165) is 22.5 Å². The van der Waals surface area contributed by atoms with Crippen LogP contribution < -0.4 is 10.6 Å². The number of pyridine rings is 1. The van der Waals surface area contributed by atoms with Crippen molar-refractivity contribution in [3.05, 3.63) is 57.8 Å². The van der Waals surface area contributed by atoms with Crippen LogP contribution in [-0.2, 0) is 17.8 Å². The third-order valence-electron chi connectivity index (χ3n) is 3.71. The Morgan fingerprint density at radius 2 is 2.05 bits per heavy atom. The van der Waals surface area contributed by atoms with Crippen LogP contribution in [0.5, 0.6) is 0 Å². The number of carbonyl (C=O) groups is 1. The van der Waals surface area contributed by atoms with Crippen molar-refractivity contribution in [3.8, 4) is 0 Å². The number of rotatable bonds is 2. The second-order valence-corrected chi connectivity index (χ2v) is 5.97. The van der Waals surface area contributed by atoms with Crippen molar-refractivity contribution in [1.82, 2.24) is 10.3 Å². The Bertz CT molecular complexity index is 687. The molecule has 1 aromatic carbocycles. The highest BCUT2D eigenvalue weighted by Gasteiger charge is 2.24. The third kappa shape index (κ3) is 3.14. The van der Waals surface area contributed by atoms with Crippen LogP contribution in [0, 0.1) is 6.92 Å². The number of benzene rings is 1. The maximum Gasteiger partial charge on any atom is 0.241 e. The van der Waals surface area contributed by atoms with Crippen molar-refractivity contribution in [3.63, 3.8) is 0 Å². The molecule has 1 aliphatic rings. The standard InChI is InChI=1S/C16H16BrN3O/c1-10-13(6-7-15(17)19-10)20-16(21)14-8-11-4-2-3-5-12(11)9-18-14/h2-7,14,18H,8-9H2,1H3,(H,20,21). The van der Waals surface area contributed by atoms with E-state index in [9.17, 15) is 4.79 Å². The van der Waals surface area contributed by atoms with E-state index in [4.69, 9.17) is 0 Å². The predicted molar refractivity (Wildman–Crippen MR) is 86.1 cm³/mol. The number of nitrogens with one attached hydrogen (secondary N) is 2. The fraction of sp³-hybridized carbons (Fsp3) is 0.250. The van der Waals surface area contributed by atoms with Crippen molar-refractivity contribution < 1.29 is 4.79 Å². The van der Waals surface area contributed by atoms with Gasteiger partial charge in [0.15, 0.2) is 0 Å². The molecule has 21 heavy (non-hydrogen) atoms. The van der Waals surface area contributed by atoms with Gasteiger partial charge in [0.1, 0.15) is 4.60 Å². The molecule has 1 atom stereocenters. The lowest BCUT2D eigenvalue weighted by atomic mass is 9.95. The fourth-order valence-corrected chi connectivity index (χ4v) is 2.92. The monoisotopic (exact) mass is 345 g/mol. The first-order chi connectivity index (χ1) is 10.1. The topological polar surface area (TPSA) is 54.0 Å². The van der Waals surface area contributed by atoms with E-state index in [1.165, 1.54) is 11.1 Å². The average molecular weight is 346 g/mol. The molecule has 1 unspecified atom stereocenters. The number of fused-ring (bicyclic) bond motifs is 1. The van der Waals surface area contributed by atoms with Gasteiger partial charge in [-0.2, -0.15) is 0 Å². The molecule has 4 nitrogen and oxygen atoms in total. The van der Waals surface area contributed by atoms with Crippen LogP contribution in [0.3, 0.4) is 0 Å². The number of amides is 1. The number of nitrogens with zero attached hydrogens (tertiary/aromatic N) is 1. The van der Waals surface area contributed by atoms with Gasteiger partial charge in [-0.15, -0.1) is 0 Å². The Balaban J connectivity index is 1.72. The van der Waals surface area contributed by atoms with Gasteiger partial charge in [0.25, 0.3) is 0 Å². The molecule has 3 rings (SSSR count). The Hall–Kier alpha value is -1.72. The summed E-state index contributed by atoms with van der Waals surface area (Å²) in [5, 5.41) is 6.24. The van der Waals surface area contributed by atoms with Gasteiger partial charge in [-0.1, -0.05) is 24.3 Å². The zero-order chi connectivity index (χ0) is 14.8. The normalized spacial score (nSPS) is 17.1. The third-order valence-corrected chi connectivity index (χ3v) is 4.15. The van der Waals surface area contributed by atoms with Crippen molar-refractivity contribution in [2.45, 2.75) is 25.9 Å². The summed E-state index contributed by atoms with van der Waals surface area (Å²) in [6, 6.07) is 11.7. The van der Waals surface area contributed by atoms with Gasteiger partial charge < -0.3 is 10.6 Å². The van der Waals surface area contributed by atoms with Crippen LogP contribution in [-0.4, -0.2) is 16.9 Å². The smallest absolute Gasteiger partial charge is 0.241 e. The largest absolute Gasteiger partial charge is 0.323 e. The van der Waals surface area contributed by atoms with Crippen molar-refractivity contribution in [1.29, 1.82) is 0 Å². The molecule has 0 saturated carbocycles. The Morgan fingerprint density at radius 1 is 1.29 bits per heavy atom. The van der Waals surface area contributed by atoms with Crippen LogP contribution >= 0.6 is 15.9 Å². The highest BCUT2D eigenvalue weighted by atomic mass is 79.9. The molecule has 1 aromatic heterocycles. The Labute approximate surface area is 132 Å². The van der Waals surface area contributed by atoms with E-state index in [0.29, 0.717) is 6.42 Å². The highest BCUT2D eigenvalue weighted by molar-refractivity contribution is 9.10. The molecule has 2 N–H and O–H groups in total. The fourth-order valence-electron chi connectivity index (χ4n) is 2.52. The summed E-state index contributed by atoms with van der Waals surface area (Å²) in [4.78, 5) is 16.7. The molecule has 0 bridgehead atoms. The summed E-state index contributed by atoms with van der Waals surface area (Å²) in [6.45, 7) is 2.61. The van der Waals surface area contributed by atoms with E-state index in [1.807, 2.05) is 31.2 Å². The lowest BCUT2D eigenvalue weighted by Gasteiger charge is -2.25. The number of hydrogen-bond acceptors (Lipinski definition) is 3. The number of anilines is 1. The minimum Gasteiger partial charge on any atom is -0.323 e. The molecule has 108 valence electrons. The van der Waals surface area contributed by atoms with Gasteiger partial charge in [0, 0.05) is 6.54 Å². The van der Waals surface area contributed by atoms with Gasteiger partial charge >= 0.3 is 0 Å². The van der Waals surface area contributed by atoms with Crippen molar-refractivity contribution in [2.24, 2.45) is 0 Å². The number of aryl methyl sites for hydroxylation is 1. The summed E-state index contributed by atoms with van der Waals surface area (Å²) < 4.78 is 0.766. The lowest BCUT2D eigenvalue weighted by Crippen LogP contribution is -2.44. The first-order valence-electron chi connectivity index (χ1n) is 6.87. The average Bonchev–Trinajstić information content (AvgIpc) is 2.49. The highest BCUT2D eigenvalue weighted by Crippen LogP contribution is 2.19.